The first kappa shape index (κ1) is 15.4. The third-order valence-electron chi connectivity index (χ3n) is 4.46. The highest BCUT2D eigenvalue weighted by atomic mass is 16.6. The SMILES string of the molecule is N#Cc1ncn(CC(=O)N2CCCC2c2ccc3c(c2)OCCO3)n1. The van der Waals surface area contributed by atoms with Crippen molar-refractivity contribution >= 4 is 5.91 Å². The van der Waals surface area contributed by atoms with Crippen LogP contribution in [0.4, 0.5) is 0 Å². The Hall–Kier alpha value is -3.08. The van der Waals surface area contributed by atoms with Crippen LogP contribution in [-0.2, 0) is 11.3 Å². The van der Waals surface area contributed by atoms with Crippen LogP contribution in [0, 0.1) is 11.3 Å². The quantitative estimate of drug-likeness (QED) is 0.836. The molecule has 1 saturated heterocycles. The molecule has 0 radical (unpaired) electrons. The maximum Gasteiger partial charge on any atom is 0.252 e. The minimum Gasteiger partial charge on any atom is -0.486 e. The van der Waals surface area contributed by atoms with Gasteiger partial charge < -0.3 is 14.4 Å². The zero-order valence-corrected chi connectivity index (χ0v) is 13.6. The summed E-state index contributed by atoms with van der Waals surface area (Å²) in [7, 11) is 0. The Morgan fingerprint density at radius 1 is 1.32 bits per heavy atom. The van der Waals surface area contributed by atoms with Gasteiger partial charge in [0.25, 0.3) is 5.82 Å². The van der Waals surface area contributed by atoms with Gasteiger partial charge in [-0.15, -0.1) is 5.10 Å². The third kappa shape index (κ3) is 3.01. The van der Waals surface area contributed by atoms with E-state index < -0.39 is 0 Å². The predicted octanol–water partition coefficient (Wildman–Crippen LogP) is 1.28. The molecular formula is C17H17N5O3. The van der Waals surface area contributed by atoms with Crippen LogP contribution in [0.15, 0.2) is 24.5 Å². The van der Waals surface area contributed by atoms with E-state index in [0.717, 1.165) is 29.9 Å². The smallest absolute Gasteiger partial charge is 0.252 e. The number of amides is 1. The number of rotatable bonds is 3. The van der Waals surface area contributed by atoms with Gasteiger partial charge in [0, 0.05) is 6.54 Å². The van der Waals surface area contributed by atoms with Crippen LogP contribution >= 0.6 is 0 Å². The minimum absolute atomic E-state index is 0.0160. The van der Waals surface area contributed by atoms with Crippen LogP contribution in [0.3, 0.4) is 0 Å². The number of ether oxygens (including phenoxy) is 2. The summed E-state index contributed by atoms with van der Waals surface area (Å²) in [5.74, 6) is 1.51. The second kappa shape index (κ2) is 6.43. The van der Waals surface area contributed by atoms with Gasteiger partial charge in [0.1, 0.15) is 32.2 Å². The van der Waals surface area contributed by atoms with E-state index >= 15 is 0 Å². The van der Waals surface area contributed by atoms with Crippen LogP contribution in [-0.4, -0.2) is 45.3 Å². The first-order chi connectivity index (χ1) is 12.2. The van der Waals surface area contributed by atoms with Crippen molar-refractivity contribution in [1.29, 1.82) is 5.26 Å². The van der Waals surface area contributed by atoms with E-state index in [9.17, 15) is 4.79 Å². The summed E-state index contributed by atoms with van der Waals surface area (Å²) in [6, 6.07) is 7.74. The molecule has 8 nitrogen and oxygen atoms in total. The fourth-order valence-corrected chi connectivity index (χ4v) is 3.33. The molecule has 8 heteroatoms. The molecule has 0 aliphatic carbocycles. The van der Waals surface area contributed by atoms with Gasteiger partial charge in [0.05, 0.1) is 6.04 Å². The van der Waals surface area contributed by atoms with E-state index in [-0.39, 0.29) is 24.3 Å². The fourth-order valence-electron chi connectivity index (χ4n) is 3.33. The predicted molar refractivity (Wildman–Crippen MR) is 85.9 cm³/mol. The van der Waals surface area contributed by atoms with Crippen LogP contribution in [0.25, 0.3) is 0 Å². The molecule has 2 aromatic rings. The highest BCUT2D eigenvalue weighted by Gasteiger charge is 2.31. The van der Waals surface area contributed by atoms with Crippen molar-refractivity contribution in [3.05, 3.63) is 35.9 Å². The number of hydrogen-bond acceptors (Lipinski definition) is 6. The van der Waals surface area contributed by atoms with Gasteiger partial charge in [-0.2, -0.15) is 5.26 Å². The van der Waals surface area contributed by atoms with Gasteiger partial charge in [0.2, 0.25) is 5.91 Å². The van der Waals surface area contributed by atoms with E-state index in [2.05, 4.69) is 10.1 Å². The molecule has 128 valence electrons. The lowest BCUT2D eigenvalue weighted by atomic mass is 10.0. The van der Waals surface area contributed by atoms with Gasteiger partial charge in [0.15, 0.2) is 11.5 Å². The summed E-state index contributed by atoms with van der Waals surface area (Å²) in [6.45, 7) is 1.88. The van der Waals surface area contributed by atoms with Crippen LogP contribution in [0.2, 0.25) is 0 Å². The number of nitriles is 1. The molecule has 1 aromatic heterocycles. The van der Waals surface area contributed by atoms with Crippen molar-refractivity contribution in [3.63, 3.8) is 0 Å². The Labute approximate surface area is 144 Å². The Bertz CT molecular complexity index is 841. The molecule has 2 aliphatic rings. The van der Waals surface area contributed by atoms with E-state index in [0.29, 0.717) is 19.8 Å². The third-order valence-corrected chi connectivity index (χ3v) is 4.46. The molecular weight excluding hydrogens is 322 g/mol. The van der Waals surface area contributed by atoms with Crippen LogP contribution in [0.5, 0.6) is 11.5 Å². The first-order valence-electron chi connectivity index (χ1n) is 8.23. The normalized spacial score (nSPS) is 18.8. The summed E-state index contributed by atoms with van der Waals surface area (Å²) in [5.41, 5.74) is 1.05. The molecule has 0 N–H and O–H groups in total. The number of fused-ring (bicyclic) bond motifs is 1. The fraction of sp³-hybridized carbons (Fsp3) is 0.412. The van der Waals surface area contributed by atoms with E-state index in [1.54, 1.807) is 0 Å². The number of carbonyl (C=O) groups is 1. The second-order valence-corrected chi connectivity index (χ2v) is 6.03. The van der Waals surface area contributed by atoms with Gasteiger partial charge in [-0.25, -0.2) is 9.67 Å². The zero-order chi connectivity index (χ0) is 17.2. The molecule has 25 heavy (non-hydrogen) atoms. The van der Waals surface area contributed by atoms with Gasteiger partial charge in [-0.3, -0.25) is 4.79 Å². The summed E-state index contributed by atoms with van der Waals surface area (Å²) < 4.78 is 12.6. The number of likely N-dealkylation sites (tertiary alicyclic amines) is 1. The van der Waals surface area contributed by atoms with Gasteiger partial charge in [-0.05, 0) is 30.5 Å². The molecule has 4 rings (SSSR count). The Morgan fingerprint density at radius 2 is 2.16 bits per heavy atom. The van der Waals surface area contributed by atoms with Crippen molar-refractivity contribution in [2.45, 2.75) is 25.4 Å². The average Bonchev–Trinajstić information content (AvgIpc) is 3.30. The largest absolute Gasteiger partial charge is 0.486 e. The van der Waals surface area contributed by atoms with Crippen molar-refractivity contribution < 1.29 is 14.3 Å². The number of benzene rings is 1. The van der Waals surface area contributed by atoms with Crippen molar-refractivity contribution in [1.82, 2.24) is 19.7 Å². The molecule has 1 aromatic carbocycles. The van der Waals surface area contributed by atoms with Crippen LogP contribution in [0.1, 0.15) is 30.3 Å². The highest BCUT2D eigenvalue weighted by Crippen LogP contribution is 2.38. The standard InChI is InChI=1S/C17H17N5O3/c18-9-16-19-11-21(20-16)10-17(23)22-5-1-2-13(22)12-3-4-14-15(8-12)25-7-6-24-14/h3-4,8,11,13H,1-2,5-7,10H2. The summed E-state index contributed by atoms with van der Waals surface area (Å²) in [6.07, 6.45) is 3.27. The maximum atomic E-state index is 12.7. The summed E-state index contributed by atoms with van der Waals surface area (Å²) in [5, 5.41) is 12.7. The molecule has 3 heterocycles. The molecule has 0 saturated carbocycles. The summed E-state index contributed by atoms with van der Waals surface area (Å²) in [4.78, 5) is 18.4. The molecule has 2 aliphatic heterocycles. The number of hydrogen-bond donors (Lipinski definition) is 0. The Morgan fingerprint density at radius 3 is 2.96 bits per heavy atom. The molecule has 1 amide bonds. The Kier molecular flexibility index (Phi) is 3.98. The lowest BCUT2D eigenvalue weighted by Gasteiger charge is -2.26. The molecule has 1 atom stereocenters. The average molecular weight is 339 g/mol. The summed E-state index contributed by atoms with van der Waals surface area (Å²) >= 11 is 0. The minimum atomic E-state index is -0.0354. The van der Waals surface area contributed by atoms with E-state index in [1.165, 1.54) is 11.0 Å². The van der Waals surface area contributed by atoms with Crippen molar-refractivity contribution in [3.8, 4) is 17.6 Å². The Balaban J connectivity index is 1.52. The lowest BCUT2D eigenvalue weighted by Crippen LogP contribution is -2.33. The molecule has 1 unspecified atom stereocenters. The lowest BCUT2D eigenvalue weighted by molar-refractivity contribution is -0.133. The van der Waals surface area contributed by atoms with E-state index in [4.69, 9.17) is 14.7 Å². The maximum absolute atomic E-state index is 12.7. The number of nitrogens with zero attached hydrogens (tertiary/aromatic N) is 5. The van der Waals surface area contributed by atoms with E-state index in [1.807, 2.05) is 29.2 Å². The van der Waals surface area contributed by atoms with Gasteiger partial charge >= 0.3 is 0 Å². The second-order valence-electron chi connectivity index (χ2n) is 6.03. The topological polar surface area (TPSA) is 93.3 Å². The molecule has 0 bridgehead atoms. The number of carbonyl (C=O) groups excluding carboxylic acids is 1. The molecule has 0 spiro atoms. The zero-order valence-electron chi connectivity index (χ0n) is 13.6. The van der Waals surface area contributed by atoms with Crippen molar-refractivity contribution in [2.75, 3.05) is 19.8 Å². The van der Waals surface area contributed by atoms with Gasteiger partial charge in [-0.1, -0.05) is 6.07 Å². The number of aromatic nitrogens is 3. The first-order valence-corrected chi connectivity index (χ1v) is 8.23. The monoisotopic (exact) mass is 339 g/mol. The molecule has 1 fully saturated rings. The van der Waals surface area contributed by atoms with Crippen LogP contribution < -0.4 is 9.47 Å². The highest BCUT2D eigenvalue weighted by molar-refractivity contribution is 5.76. The van der Waals surface area contributed by atoms with Crippen molar-refractivity contribution in [2.24, 2.45) is 0 Å².